The molecule has 2 N–H and O–H groups in total. The third-order valence-corrected chi connectivity index (χ3v) is 5.86. The van der Waals surface area contributed by atoms with E-state index >= 15 is 0 Å². The minimum atomic E-state index is -0.995. The second-order valence-electron chi connectivity index (χ2n) is 5.44. The lowest BCUT2D eigenvalue weighted by Gasteiger charge is -2.14. The molecule has 8 heteroatoms. The molecule has 130 valence electrons. The average molecular weight is 393 g/mol. The largest absolute Gasteiger partial charge is 0.493 e. The summed E-state index contributed by atoms with van der Waals surface area (Å²) < 4.78 is 1.68. The van der Waals surface area contributed by atoms with Crippen LogP contribution in [0, 0.1) is 3.95 Å². The maximum absolute atomic E-state index is 11.6. The molecule has 0 spiro atoms. The molecule has 0 unspecified atom stereocenters. The summed E-state index contributed by atoms with van der Waals surface area (Å²) in [7, 11) is 0. The summed E-state index contributed by atoms with van der Waals surface area (Å²) in [5, 5.41) is 20.1. The first-order chi connectivity index (χ1) is 12.0. The lowest BCUT2D eigenvalue weighted by Crippen LogP contribution is -2.19. The van der Waals surface area contributed by atoms with E-state index in [0.717, 1.165) is 16.8 Å². The summed E-state index contributed by atoms with van der Waals surface area (Å²) in [5.41, 5.74) is 2.72. The number of allylic oxidation sites excluding steroid dienone is 1. The lowest BCUT2D eigenvalue weighted by atomic mass is 10.1. The molecule has 0 aliphatic carbocycles. The molecule has 0 radical (unpaired) electrons. The Morgan fingerprint density at radius 3 is 2.96 bits per heavy atom. The van der Waals surface area contributed by atoms with Gasteiger partial charge < -0.3 is 10.2 Å². The van der Waals surface area contributed by atoms with E-state index in [1.54, 1.807) is 24.1 Å². The van der Waals surface area contributed by atoms with Gasteiger partial charge >= 0.3 is 5.97 Å². The van der Waals surface area contributed by atoms with Crippen molar-refractivity contribution in [1.82, 2.24) is 4.57 Å². The van der Waals surface area contributed by atoms with E-state index in [0.29, 0.717) is 21.0 Å². The summed E-state index contributed by atoms with van der Waals surface area (Å²) in [4.78, 5) is 16.5. The monoisotopic (exact) mass is 392 g/mol. The maximum Gasteiger partial charge on any atom is 0.326 e. The zero-order valence-electron chi connectivity index (χ0n) is 13.4. The van der Waals surface area contributed by atoms with Crippen LogP contribution in [0.4, 0.5) is 5.69 Å². The Morgan fingerprint density at radius 1 is 1.48 bits per heavy atom. The number of fused-ring (bicyclic) bond motifs is 1. The van der Waals surface area contributed by atoms with Crippen molar-refractivity contribution >= 4 is 64.8 Å². The molecule has 0 saturated carbocycles. The molecule has 1 aliphatic rings. The predicted molar refractivity (Wildman–Crippen MR) is 107 cm³/mol. The van der Waals surface area contributed by atoms with Gasteiger partial charge in [0.15, 0.2) is 3.95 Å². The third-order valence-electron chi connectivity index (χ3n) is 3.88. The first kappa shape index (κ1) is 17.9. The molecular weight excluding hydrogens is 376 g/mol. The van der Waals surface area contributed by atoms with E-state index in [9.17, 15) is 15.0 Å². The molecule has 25 heavy (non-hydrogen) atoms. The van der Waals surface area contributed by atoms with Gasteiger partial charge in [0.1, 0.15) is 6.04 Å². The second-order valence-corrected chi connectivity index (χ2v) is 8.10. The molecule has 2 heterocycles. The Hall–Kier alpha value is -1.90. The normalized spacial score (nSPS) is 15.5. The van der Waals surface area contributed by atoms with Crippen LogP contribution >= 0.6 is 35.3 Å². The van der Waals surface area contributed by atoms with Crippen molar-refractivity contribution in [3.05, 3.63) is 38.7 Å². The Kier molecular flexibility index (Phi) is 5.41. The highest BCUT2D eigenvalue weighted by Crippen LogP contribution is 2.37. The fourth-order valence-electron chi connectivity index (χ4n) is 2.65. The van der Waals surface area contributed by atoms with E-state index < -0.39 is 12.0 Å². The molecule has 1 aliphatic heterocycles. The minimum Gasteiger partial charge on any atom is -0.493 e. The number of carbonyl (C=O) groups is 1. The fourth-order valence-corrected chi connectivity index (χ4v) is 4.47. The number of aromatic hydroxyl groups is 1. The number of aliphatic carboxylic acids is 1. The van der Waals surface area contributed by atoms with E-state index in [4.69, 9.17) is 12.2 Å². The molecule has 5 nitrogen and oxygen atoms in total. The number of rotatable bonds is 6. The van der Waals surface area contributed by atoms with Gasteiger partial charge in [-0.2, -0.15) is 11.8 Å². The van der Waals surface area contributed by atoms with Crippen LogP contribution < -0.4 is 0 Å². The van der Waals surface area contributed by atoms with Crippen LogP contribution in [-0.4, -0.2) is 39.0 Å². The van der Waals surface area contributed by atoms with Gasteiger partial charge in [0.25, 0.3) is 0 Å². The van der Waals surface area contributed by atoms with Crippen molar-refractivity contribution in [3.63, 3.8) is 0 Å². The van der Waals surface area contributed by atoms with Gasteiger partial charge in [0, 0.05) is 17.4 Å². The topological polar surface area (TPSA) is 74.8 Å². The van der Waals surface area contributed by atoms with Crippen LogP contribution in [0.1, 0.15) is 22.9 Å². The van der Waals surface area contributed by atoms with Crippen molar-refractivity contribution in [2.75, 3.05) is 12.0 Å². The number of thioether (sulfide) groups is 1. The first-order valence-corrected chi connectivity index (χ1v) is 10.2. The van der Waals surface area contributed by atoms with Crippen LogP contribution in [0.25, 0.3) is 11.6 Å². The van der Waals surface area contributed by atoms with Gasteiger partial charge in [-0.15, -0.1) is 11.3 Å². The SMILES string of the molecule is CSCC[C@H](C(=O)O)n1c(O)c(C=C2C=Nc3ccccc32)sc1=S. The Bertz CT molecular complexity index is 927. The van der Waals surface area contributed by atoms with Gasteiger partial charge in [0.05, 0.1) is 10.6 Å². The van der Waals surface area contributed by atoms with Crippen molar-refractivity contribution in [2.24, 2.45) is 4.99 Å². The maximum atomic E-state index is 11.6. The number of aromatic nitrogens is 1. The number of hydrogen-bond donors (Lipinski definition) is 2. The number of aliphatic imine (C=N–C) groups is 1. The third kappa shape index (κ3) is 3.56. The molecule has 0 fully saturated rings. The molecule has 2 aromatic rings. The van der Waals surface area contributed by atoms with Crippen molar-refractivity contribution < 1.29 is 15.0 Å². The molecule has 1 atom stereocenters. The van der Waals surface area contributed by atoms with Crippen LogP contribution in [0.2, 0.25) is 0 Å². The van der Waals surface area contributed by atoms with Gasteiger partial charge in [0.2, 0.25) is 5.88 Å². The van der Waals surface area contributed by atoms with Crippen molar-refractivity contribution in [1.29, 1.82) is 0 Å². The number of thiazole rings is 1. The highest BCUT2D eigenvalue weighted by Gasteiger charge is 2.25. The minimum absolute atomic E-state index is 0.103. The van der Waals surface area contributed by atoms with E-state index in [1.807, 2.05) is 30.5 Å². The molecule has 3 rings (SSSR count). The summed E-state index contributed by atoms with van der Waals surface area (Å²) in [5.74, 6) is -0.427. The zero-order valence-corrected chi connectivity index (χ0v) is 15.8. The first-order valence-electron chi connectivity index (χ1n) is 7.54. The highest BCUT2D eigenvalue weighted by atomic mass is 32.2. The van der Waals surface area contributed by atoms with Gasteiger partial charge in [-0.25, -0.2) is 4.79 Å². The van der Waals surface area contributed by atoms with Crippen LogP contribution in [0.5, 0.6) is 5.88 Å². The summed E-state index contributed by atoms with van der Waals surface area (Å²) in [6.45, 7) is 0. The summed E-state index contributed by atoms with van der Waals surface area (Å²) in [6, 6.07) is 6.85. The van der Waals surface area contributed by atoms with E-state index in [2.05, 4.69) is 4.99 Å². The Balaban J connectivity index is 2.01. The van der Waals surface area contributed by atoms with Gasteiger partial charge in [-0.1, -0.05) is 18.2 Å². The standard InChI is InChI=1S/C17H16N2O3S3/c1-24-7-6-13(16(21)22)19-15(20)14(25-17(19)23)8-10-9-18-12-5-3-2-4-11(10)12/h2-5,8-9,13,20H,6-7H2,1H3,(H,21,22)/t13-/m1/s1. The number of hydrogen-bond acceptors (Lipinski definition) is 6. The summed E-state index contributed by atoms with van der Waals surface area (Å²) in [6.07, 6.45) is 5.85. The molecule has 0 saturated heterocycles. The Labute approximate surface area is 158 Å². The van der Waals surface area contributed by atoms with Crippen LogP contribution in [0.15, 0.2) is 29.3 Å². The van der Waals surface area contributed by atoms with E-state index in [-0.39, 0.29) is 5.88 Å². The molecule has 0 bridgehead atoms. The number of carboxylic acids is 1. The molecule has 1 aromatic carbocycles. The zero-order chi connectivity index (χ0) is 18.0. The number of carboxylic acid groups (broad SMARTS) is 1. The van der Waals surface area contributed by atoms with Crippen LogP contribution in [0.3, 0.4) is 0 Å². The van der Waals surface area contributed by atoms with Crippen molar-refractivity contribution in [3.8, 4) is 5.88 Å². The highest BCUT2D eigenvalue weighted by molar-refractivity contribution is 7.98. The quantitative estimate of drug-likeness (QED) is 0.702. The van der Waals surface area contributed by atoms with Crippen LogP contribution in [-0.2, 0) is 4.79 Å². The van der Waals surface area contributed by atoms with Gasteiger partial charge in [-0.3, -0.25) is 9.56 Å². The summed E-state index contributed by atoms with van der Waals surface area (Å²) >= 11 is 8.08. The second kappa shape index (κ2) is 7.55. The van der Waals surface area contributed by atoms with Crippen molar-refractivity contribution in [2.45, 2.75) is 12.5 Å². The lowest BCUT2D eigenvalue weighted by molar-refractivity contribution is -0.141. The smallest absolute Gasteiger partial charge is 0.326 e. The molecule has 0 amide bonds. The number of nitrogens with zero attached hydrogens (tertiary/aromatic N) is 2. The Morgan fingerprint density at radius 2 is 2.24 bits per heavy atom. The number of benzene rings is 1. The number of para-hydroxylation sites is 1. The fraction of sp³-hybridized carbons (Fsp3) is 0.235. The van der Waals surface area contributed by atoms with E-state index in [1.165, 1.54) is 15.9 Å². The molecule has 1 aromatic heterocycles. The molecular formula is C17H16N2O3S3. The van der Waals surface area contributed by atoms with Gasteiger partial charge in [-0.05, 0) is 42.8 Å². The average Bonchev–Trinajstić information content (AvgIpc) is 3.11. The predicted octanol–water partition coefficient (Wildman–Crippen LogP) is 4.62.